The molecule has 0 unspecified atom stereocenters. The van der Waals surface area contributed by atoms with Crippen molar-refractivity contribution in [1.82, 2.24) is 0 Å². The second-order valence-electron chi connectivity index (χ2n) is 3.26. The normalized spacial score (nSPS) is 16.0. The topological polar surface area (TPSA) is 86.5 Å². The van der Waals surface area contributed by atoms with E-state index in [2.05, 4.69) is 0 Å². The summed E-state index contributed by atoms with van der Waals surface area (Å²) < 4.78 is 26.0. The molecule has 2 N–H and O–H groups in total. The van der Waals surface area contributed by atoms with Crippen LogP contribution in [0.5, 0.6) is 0 Å². The predicted octanol–water partition coefficient (Wildman–Crippen LogP) is -0.298. The zero-order valence-corrected chi connectivity index (χ0v) is 9.56. The Kier molecular flexibility index (Phi) is 4.54. The number of carbonyl (C=O) groups excluding carboxylic acids is 1. The van der Waals surface area contributed by atoms with E-state index in [0.29, 0.717) is 0 Å². The summed E-state index contributed by atoms with van der Waals surface area (Å²) >= 11 is 0. The number of ether oxygens (including phenoxy) is 1. The van der Waals surface area contributed by atoms with Gasteiger partial charge in [0, 0.05) is 6.26 Å². The Morgan fingerprint density at radius 3 is 2.29 bits per heavy atom. The summed E-state index contributed by atoms with van der Waals surface area (Å²) in [4.78, 5) is 11.4. The van der Waals surface area contributed by atoms with Gasteiger partial charge in [-0.2, -0.15) is 0 Å². The van der Waals surface area contributed by atoms with Crippen LogP contribution in [0.2, 0.25) is 0 Å². The fourth-order valence-corrected chi connectivity index (χ4v) is 1.85. The molecule has 0 amide bonds. The average Bonchev–Trinajstić information content (AvgIpc) is 2.03. The lowest BCUT2D eigenvalue weighted by atomic mass is 10.1. The van der Waals surface area contributed by atoms with Gasteiger partial charge in [-0.3, -0.25) is 4.79 Å². The van der Waals surface area contributed by atoms with E-state index in [4.69, 9.17) is 10.5 Å². The fourth-order valence-electron chi connectivity index (χ4n) is 0.998. The van der Waals surface area contributed by atoms with E-state index in [-0.39, 0.29) is 19.6 Å². The summed E-state index contributed by atoms with van der Waals surface area (Å²) in [5.41, 5.74) is 5.27. The molecule has 0 aromatic heterocycles. The monoisotopic (exact) mass is 223 g/mol. The maximum Gasteiger partial charge on any atom is 0.327 e. The van der Waals surface area contributed by atoms with E-state index in [9.17, 15) is 13.2 Å². The van der Waals surface area contributed by atoms with E-state index < -0.39 is 20.6 Å². The van der Waals surface area contributed by atoms with Gasteiger partial charge < -0.3 is 10.5 Å². The summed E-state index contributed by atoms with van der Waals surface area (Å²) in [6.45, 7) is 3.26. The van der Waals surface area contributed by atoms with E-state index in [0.717, 1.165) is 6.26 Å². The quantitative estimate of drug-likeness (QED) is 0.647. The maximum absolute atomic E-state index is 11.4. The molecule has 14 heavy (non-hydrogen) atoms. The van der Waals surface area contributed by atoms with Crippen molar-refractivity contribution in [2.75, 3.05) is 19.4 Å². The number of esters is 1. The number of hydrogen-bond acceptors (Lipinski definition) is 5. The van der Waals surface area contributed by atoms with Crippen molar-refractivity contribution in [3.63, 3.8) is 0 Å². The van der Waals surface area contributed by atoms with Gasteiger partial charge in [0.25, 0.3) is 0 Å². The first-order chi connectivity index (χ1) is 6.29. The lowest BCUT2D eigenvalue weighted by Gasteiger charge is -2.24. The number of hydrogen-bond donors (Lipinski definition) is 1. The molecule has 0 saturated carbocycles. The summed E-state index contributed by atoms with van der Waals surface area (Å²) in [5, 5.41) is 0. The first kappa shape index (κ1) is 13.4. The van der Waals surface area contributed by atoms with Crippen molar-refractivity contribution in [3.8, 4) is 0 Å². The Balaban J connectivity index is 5.01. The maximum atomic E-state index is 11.4. The number of nitrogens with two attached hydrogens (primary N) is 1. The van der Waals surface area contributed by atoms with E-state index in [1.165, 1.54) is 6.92 Å². The SMILES string of the molecule is CCOC(=O)[C@@](C)(CCN)S(C)(=O)=O. The van der Waals surface area contributed by atoms with Gasteiger partial charge in [0.1, 0.15) is 0 Å². The summed E-state index contributed by atoms with van der Waals surface area (Å²) in [7, 11) is -3.50. The molecule has 0 rings (SSSR count). The highest BCUT2D eigenvalue weighted by atomic mass is 32.2. The standard InChI is InChI=1S/C8H17NO4S/c1-4-13-7(10)8(2,5-6-9)14(3,11)12/h4-6,9H2,1-3H3/t8-/m1/s1. The Morgan fingerprint density at radius 1 is 1.50 bits per heavy atom. The van der Waals surface area contributed by atoms with E-state index in [1.807, 2.05) is 0 Å². The fraction of sp³-hybridized carbons (Fsp3) is 0.875. The molecule has 0 aliphatic heterocycles. The predicted molar refractivity (Wildman–Crippen MR) is 53.6 cm³/mol. The highest BCUT2D eigenvalue weighted by molar-refractivity contribution is 7.92. The molecule has 84 valence electrons. The third-order valence-electron chi connectivity index (χ3n) is 2.15. The van der Waals surface area contributed by atoms with Gasteiger partial charge in [0.15, 0.2) is 14.6 Å². The number of rotatable bonds is 5. The zero-order valence-electron chi connectivity index (χ0n) is 8.74. The molecule has 0 aliphatic rings. The van der Waals surface area contributed by atoms with Gasteiger partial charge in [-0.25, -0.2) is 8.42 Å². The van der Waals surface area contributed by atoms with Gasteiger partial charge in [0.05, 0.1) is 6.61 Å². The van der Waals surface area contributed by atoms with Crippen LogP contribution < -0.4 is 5.73 Å². The van der Waals surface area contributed by atoms with Crippen LogP contribution in [0.15, 0.2) is 0 Å². The lowest BCUT2D eigenvalue weighted by Crippen LogP contribution is -2.45. The summed E-state index contributed by atoms with van der Waals surface area (Å²) in [6.07, 6.45) is 1.09. The minimum atomic E-state index is -3.50. The first-order valence-corrected chi connectivity index (χ1v) is 6.25. The van der Waals surface area contributed by atoms with E-state index in [1.54, 1.807) is 6.92 Å². The molecule has 5 nitrogen and oxygen atoms in total. The summed E-state index contributed by atoms with van der Waals surface area (Å²) in [6, 6.07) is 0. The number of sulfone groups is 1. The molecule has 0 spiro atoms. The van der Waals surface area contributed by atoms with Gasteiger partial charge in [-0.15, -0.1) is 0 Å². The molecule has 0 heterocycles. The molecule has 0 aromatic rings. The average molecular weight is 223 g/mol. The second-order valence-corrected chi connectivity index (χ2v) is 5.71. The second kappa shape index (κ2) is 4.75. The van der Waals surface area contributed by atoms with Crippen molar-refractivity contribution in [2.24, 2.45) is 5.73 Å². The van der Waals surface area contributed by atoms with Crippen LogP contribution in [-0.2, 0) is 19.4 Å². The molecular weight excluding hydrogens is 206 g/mol. The highest BCUT2D eigenvalue weighted by Gasteiger charge is 2.44. The zero-order chi connectivity index (χ0) is 11.4. The van der Waals surface area contributed by atoms with Gasteiger partial charge in [0.2, 0.25) is 0 Å². The van der Waals surface area contributed by atoms with Gasteiger partial charge in [-0.05, 0) is 26.8 Å². The smallest absolute Gasteiger partial charge is 0.327 e. The molecule has 6 heteroatoms. The van der Waals surface area contributed by atoms with Crippen LogP contribution in [0, 0.1) is 0 Å². The third-order valence-corrected chi connectivity index (χ3v) is 4.15. The molecule has 1 atom stereocenters. The van der Waals surface area contributed by atoms with Crippen LogP contribution in [0.3, 0.4) is 0 Å². The Labute approximate surface area is 84.5 Å². The Hall–Kier alpha value is -0.620. The lowest BCUT2D eigenvalue weighted by molar-refractivity contribution is -0.145. The van der Waals surface area contributed by atoms with Crippen LogP contribution in [0.1, 0.15) is 20.3 Å². The molecular formula is C8H17NO4S. The summed E-state index contributed by atoms with van der Waals surface area (Å²) in [5.74, 6) is -0.729. The van der Waals surface area contributed by atoms with Crippen LogP contribution >= 0.6 is 0 Å². The van der Waals surface area contributed by atoms with Crippen molar-refractivity contribution in [1.29, 1.82) is 0 Å². The highest BCUT2D eigenvalue weighted by Crippen LogP contribution is 2.21. The van der Waals surface area contributed by atoms with Crippen molar-refractivity contribution in [2.45, 2.75) is 25.0 Å². The Bertz CT molecular complexity index is 298. The number of carbonyl (C=O) groups is 1. The third kappa shape index (κ3) is 2.68. The molecule has 0 fully saturated rings. The minimum absolute atomic E-state index is 0.0741. The minimum Gasteiger partial charge on any atom is -0.465 e. The van der Waals surface area contributed by atoms with Crippen molar-refractivity contribution < 1.29 is 17.9 Å². The van der Waals surface area contributed by atoms with Gasteiger partial charge >= 0.3 is 5.97 Å². The largest absolute Gasteiger partial charge is 0.465 e. The van der Waals surface area contributed by atoms with Crippen LogP contribution in [0.4, 0.5) is 0 Å². The van der Waals surface area contributed by atoms with Crippen LogP contribution in [-0.4, -0.2) is 38.5 Å². The van der Waals surface area contributed by atoms with E-state index >= 15 is 0 Å². The molecule has 0 saturated heterocycles. The van der Waals surface area contributed by atoms with Crippen LogP contribution in [0.25, 0.3) is 0 Å². The van der Waals surface area contributed by atoms with Crippen molar-refractivity contribution in [3.05, 3.63) is 0 Å². The molecule has 0 aromatic carbocycles. The molecule has 0 radical (unpaired) electrons. The molecule has 0 aliphatic carbocycles. The molecule has 0 bridgehead atoms. The van der Waals surface area contributed by atoms with Gasteiger partial charge in [-0.1, -0.05) is 0 Å². The first-order valence-electron chi connectivity index (χ1n) is 4.36. The van der Waals surface area contributed by atoms with Crippen molar-refractivity contribution >= 4 is 15.8 Å². The Morgan fingerprint density at radius 2 is 2.00 bits per heavy atom.